The fourth-order valence-electron chi connectivity index (χ4n) is 1.99. The molecule has 0 unspecified atom stereocenters. The van der Waals surface area contributed by atoms with Crippen LogP contribution in [-0.2, 0) is 9.59 Å². The smallest absolute Gasteiger partial charge is 0.239 e. The summed E-state index contributed by atoms with van der Waals surface area (Å²) in [4.78, 5) is 25.0. The van der Waals surface area contributed by atoms with Gasteiger partial charge in [-0.05, 0) is 50.2 Å². The fraction of sp³-hybridized carbons (Fsp3) is 0.158. The molecule has 2 aromatic rings. The van der Waals surface area contributed by atoms with Gasteiger partial charge in [0.25, 0.3) is 0 Å². The second kappa shape index (κ2) is 7.29. The maximum absolute atomic E-state index is 12.5. The van der Waals surface area contributed by atoms with E-state index in [1.165, 1.54) is 13.8 Å². The number of rotatable bonds is 4. The third-order valence-electron chi connectivity index (χ3n) is 3.70. The van der Waals surface area contributed by atoms with Crippen LogP contribution in [0.5, 0.6) is 0 Å². The van der Waals surface area contributed by atoms with E-state index in [2.05, 4.69) is 10.6 Å². The summed E-state index contributed by atoms with van der Waals surface area (Å²) in [5, 5.41) is 23.1. The van der Waals surface area contributed by atoms with Crippen molar-refractivity contribution in [2.24, 2.45) is 5.41 Å². The average molecular weight is 332 g/mol. The number of para-hydroxylation sites is 1. The van der Waals surface area contributed by atoms with Gasteiger partial charge in [0.1, 0.15) is 11.5 Å². The standard InChI is InChI=1S/C19H16N4O2/c1-19(2,17(24)22-15-9-7-13(11-20)8-10-15)18(25)23-16-6-4-3-5-14(16)12-21/h3-10H,1-2H3,(H,22,24)(H,23,25). The van der Waals surface area contributed by atoms with Crippen LogP contribution in [0.25, 0.3) is 0 Å². The second-order valence-electron chi connectivity index (χ2n) is 5.88. The molecule has 124 valence electrons. The molecular formula is C19H16N4O2. The summed E-state index contributed by atoms with van der Waals surface area (Å²) in [7, 11) is 0. The Kier molecular flexibility index (Phi) is 5.16. The Balaban J connectivity index is 2.13. The largest absolute Gasteiger partial charge is 0.325 e. The van der Waals surface area contributed by atoms with Gasteiger partial charge in [0, 0.05) is 5.69 Å². The van der Waals surface area contributed by atoms with Gasteiger partial charge in [0.05, 0.1) is 22.9 Å². The lowest BCUT2D eigenvalue weighted by molar-refractivity contribution is -0.135. The van der Waals surface area contributed by atoms with Gasteiger partial charge in [-0.2, -0.15) is 10.5 Å². The van der Waals surface area contributed by atoms with Crippen molar-refractivity contribution in [3.8, 4) is 12.1 Å². The SMILES string of the molecule is CC(C)(C(=O)Nc1ccc(C#N)cc1)C(=O)Nc1ccccc1C#N. The van der Waals surface area contributed by atoms with Gasteiger partial charge in [0.2, 0.25) is 11.8 Å². The molecule has 6 nitrogen and oxygen atoms in total. The highest BCUT2D eigenvalue weighted by Crippen LogP contribution is 2.23. The lowest BCUT2D eigenvalue weighted by atomic mass is 9.90. The minimum Gasteiger partial charge on any atom is -0.325 e. The summed E-state index contributed by atoms with van der Waals surface area (Å²) < 4.78 is 0. The van der Waals surface area contributed by atoms with Crippen molar-refractivity contribution in [2.75, 3.05) is 10.6 Å². The molecule has 0 saturated heterocycles. The van der Waals surface area contributed by atoms with E-state index in [9.17, 15) is 9.59 Å². The highest BCUT2D eigenvalue weighted by atomic mass is 16.2. The molecule has 0 aromatic heterocycles. The first kappa shape index (κ1) is 17.7. The predicted molar refractivity (Wildman–Crippen MR) is 93.4 cm³/mol. The molecule has 0 bridgehead atoms. The number of carbonyl (C=O) groups excluding carboxylic acids is 2. The van der Waals surface area contributed by atoms with Crippen LogP contribution in [0.4, 0.5) is 11.4 Å². The Morgan fingerprint density at radius 3 is 2.08 bits per heavy atom. The van der Waals surface area contributed by atoms with E-state index in [0.717, 1.165) is 0 Å². The van der Waals surface area contributed by atoms with Crippen LogP contribution in [0, 0.1) is 28.1 Å². The molecule has 0 atom stereocenters. The number of hydrogen-bond donors (Lipinski definition) is 2. The monoisotopic (exact) mass is 332 g/mol. The maximum Gasteiger partial charge on any atom is 0.239 e. The molecule has 0 saturated carbocycles. The number of hydrogen-bond acceptors (Lipinski definition) is 4. The number of nitrogens with one attached hydrogen (secondary N) is 2. The summed E-state index contributed by atoms with van der Waals surface area (Å²) in [6.45, 7) is 2.99. The van der Waals surface area contributed by atoms with Crippen LogP contribution in [0.2, 0.25) is 0 Å². The lowest BCUT2D eigenvalue weighted by Gasteiger charge is -2.23. The van der Waals surface area contributed by atoms with Crippen molar-refractivity contribution in [3.05, 3.63) is 59.7 Å². The molecule has 0 aliphatic heterocycles. The van der Waals surface area contributed by atoms with Gasteiger partial charge in [-0.1, -0.05) is 12.1 Å². The number of amides is 2. The number of nitriles is 2. The molecule has 2 amide bonds. The van der Waals surface area contributed by atoms with E-state index in [1.54, 1.807) is 48.5 Å². The molecule has 0 radical (unpaired) electrons. The number of carbonyl (C=O) groups is 2. The summed E-state index contributed by atoms with van der Waals surface area (Å²) >= 11 is 0. The van der Waals surface area contributed by atoms with Gasteiger partial charge < -0.3 is 10.6 Å². The molecule has 0 aliphatic rings. The van der Waals surface area contributed by atoms with E-state index in [4.69, 9.17) is 10.5 Å². The fourth-order valence-corrected chi connectivity index (χ4v) is 1.99. The van der Waals surface area contributed by atoms with Gasteiger partial charge in [0.15, 0.2) is 0 Å². The van der Waals surface area contributed by atoms with Crippen molar-refractivity contribution in [1.82, 2.24) is 0 Å². The summed E-state index contributed by atoms with van der Waals surface area (Å²) in [5.41, 5.74) is 0.273. The van der Waals surface area contributed by atoms with Gasteiger partial charge in [-0.25, -0.2) is 0 Å². The number of anilines is 2. The van der Waals surface area contributed by atoms with Crippen LogP contribution in [0.3, 0.4) is 0 Å². The van der Waals surface area contributed by atoms with E-state index < -0.39 is 17.2 Å². The zero-order valence-electron chi connectivity index (χ0n) is 13.8. The molecule has 6 heteroatoms. The van der Waals surface area contributed by atoms with Crippen molar-refractivity contribution in [2.45, 2.75) is 13.8 Å². The van der Waals surface area contributed by atoms with E-state index in [1.807, 2.05) is 12.1 Å². The van der Waals surface area contributed by atoms with Gasteiger partial charge in [-0.15, -0.1) is 0 Å². The van der Waals surface area contributed by atoms with Crippen LogP contribution in [0.15, 0.2) is 48.5 Å². The highest BCUT2D eigenvalue weighted by molar-refractivity contribution is 6.14. The van der Waals surface area contributed by atoms with Crippen LogP contribution >= 0.6 is 0 Å². The predicted octanol–water partition coefficient (Wildman–Crippen LogP) is 3.03. The Labute approximate surface area is 145 Å². The minimum absolute atomic E-state index is 0.319. The number of nitrogens with zero attached hydrogens (tertiary/aromatic N) is 2. The Bertz CT molecular complexity index is 887. The molecule has 0 heterocycles. The summed E-state index contributed by atoms with van der Waals surface area (Å²) in [5.74, 6) is -1.02. The van der Waals surface area contributed by atoms with Crippen LogP contribution in [0.1, 0.15) is 25.0 Å². The van der Waals surface area contributed by atoms with E-state index in [0.29, 0.717) is 22.5 Å². The first-order chi connectivity index (χ1) is 11.9. The zero-order valence-corrected chi connectivity index (χ0v) is 13.8. The van der Waals surface area contributed by atoms with Gasteiger partial charge >= 0.3 is 0 Å². The molecule has 25 heavy (non-hydrogen) atoms. The van der Waals surface area contributed by atoms with Crippen molar-refractivity contribution in [1.29, 1.82) is 10.5 Å². The highest BCUT2D eigenvalue weighted by Gasteiger charge is 2.36. The average Bonchev–Trinajstić information content (AvgIpc) is 2.62. The van der Waals surface area contributed by atoms with Crippen molar-refractivity contribution < 1.29 is 9.59 Å². The Morgan fingerprint density at radius 1 is 0.880 bits per heavy atom. The van der Waals surface area contributed by atoms with Crippen LogP contribution in [-0.4, -0.2) is 11.8 Å². The third-order valence-corrected chi connectivity index (χ3v) is 3.70. The van der Waals surface area contributed by atoms with Crippen molar-refractivity contribution >= 4 is 23.2 Å². The number of benzene rings is 2. The molecule has 0 aliphatic carbocycles. The third kappa shape index (κ3) is 4.01. The molecule has 0 fully saturated rings. The second-order valence-corrected chi connectivity index (χ2v) is 5.88. The molecule has 2 rings (SSSR count). The molecular weight excluding hydrogens is 316 g/mol. The summed E-state index contributed by atoms with van der Waals surface area (Å²) in [6.07, 6.45) is 0. The topological polar surface area (TPSA) is 106 Å². The van der Waals surface area contributed by atoms with E-state index in [-0.39, 0.29) is 0 Å². The van der Waals surface area contributed by atoms with E-state index >= 15 is 0 Å². The maximum atomic E-state index is 12.5. The lowest BCUT2D eigenvalue weighted by Crippen LogP contribution is -2.41. The van der Waals surface area contributed by atoms with Crippen LogP contribution < -0.4 is 10.6 Å². The van der Waals surface area contributed by atoms with Crippen molar-refractivity contribution in [3.63, 3.8) is 0 Å². The first-order valence-electron chi connectivity index (χ1n) is 7.50. The molecule has 0 spiro atoms. The Morgan fingerprint density at radius 2 is 1.48 bits per heavy atom. The minimum atomic E-state index is -1.36. The zero-order chi connectivity index (χ0) is 18.4. The quantitative estimate of drug-likeness (QED) is 0.839. The molecule has 2 N–H and O–H groups in total. The summed E-state index contributed by atoms with van der Waals surface area (Å²) in [6, 6.07) is 16.9. The molecule has 2 aromatic carbocycles. The van der Waals surface area contributed by atoms with Gasteiger partial charge in [-0.3, -0.25) is 9.59 Å². The normalized spacial score (nSPS) is 10.2. The Hall–Kier alpha value is -3.64. The first-order valence-corrected chi connectivity index (χ1v) is 7.50.